The zero-order chi connectivity index (χ0) is 13.2. The Kier molecular flexibility index (Phi) is 3.65. The van der Waals surface area contributed by atoms with E-state index in [4.69, 9.17) is 4.74 Å². The number of aromatic hydroxyl groups is 1. The molecule has 0 spiro atoms. The van der Waals surface area contributed by atoms with Crippen LogP contribution in [-0.4, -0.2) is 35.7 Å². The predicted molar refractivity (Wildman–Crippen MR) is 75.8 cm³/mol. The highest BCUT2D eigenvalue weighted by molar-refractivity contribution is 5.49. The third-order valence-corrected chi connectivity index (χ3v) is 4.52. The van der Waals surface area contributed by atoms with Gasteiger partial charge in [0.05, 0.1) is 6.04 Å². The highest BCUT2D eigenvalue weighted by Crippen LogP contribution is 2.44. The Labute approximate surface area is 115 Å². The van der Waals surface area contributed by atoms with Crippen LogP contribution in [0.15, 0.2) is 18.2 Å². The minimum atomic E-state index is 0.293. The van der Waals surface area contributed by atoms with Crippen molar-refractivity contribution in [3.63, 3.8) is 0 Å². The van der Waals surface area contributed by atoms with Gasteiger partial charge in [-0.25, -0.2) is 0 Å². The zero-order valence-corrected chi connectivity index (χ0v) is 11.6. The molecular weight excluding hydrogens is 238 g/mol. The molecule has 2 aliphatic heterocycles. The lowest BCUT2D eigenvalue weighted by molar-refractivity contribution is 0.0632. The number of phenolic OH excluding ortho intramolecular Hbond substituents is 1. The van der Waals surface area contributed by atoms with Crippen LogP contribution in [0.1, 0.15) is 44.1 Å². The summed E-state index contributed by atoms with van der Waals surface area (Å²) >= 11 is 0. The van der Waals surface area contributed by atoms with E-state index in [1.165, 1.54) is 44.3 Å². The van der Waals surface area contributed by atoms with Crippen LogP contribution in [0.4, 0.5) is 0 Å². The zero-order valence-electron chi connectivity index (χ0n) is 11.6. The van der Waals surface area contributed by atoms with Crippen LogP contribution in [0.3, 0.4) is 0 Å². The van der Waals surface area contributed by atoms with Gasteiger partial charge in [-0.3, -0.25) is 4.90 Å². The van der Waals surface area contributed by atoms with Crippen molar-refractivity contribution in [2.75, 3.05) is 19.7 Å². The highest BCUT2D eigenvalue weighted by Gasteiger charge is 2.37. The van der Waals surface area contributed by atoms with Gasteiger partial charge in [-0.05, 0) is 38.4 Å². The van der Waals surface area contributed by atoms with Gasteiger partial charge in [0.15, 0.2) is 11.5 Å². The average Bonchev–Trinajstić information content (AvgIpc) is 2.45. The topological polar surface area (TPSA) is 32.7 Å². The second-order valence-electron chi connectivity index (χ2n) is 5.71. The Morgan fingerprint density at radius 1 is 1.42 bits per heavy atom. The van der Waals surface area contributed by atoms with Crippen molar-refractivity contribution in [2.24, 2.45) is 0 Å². The lowest BCUT2D eigenvalue weighted by Gasteiger charge is -2.44. The summed E-state index contributed by atoms with van der Waals surface area (Å²) in [6.07, 6.45) is 4.97. The van der Waals surface area contributed by atoms with Crippen LogP contribution in [0.25, 0.3) is 0 Å². The molecule has 2 aliphatic rings. The summed E-state index contributed by atoms with van der Waals surface area (Å²) in [6, 6.07) is 6.27. The van der Waals surface area contributed by atoms with Gasteiger partial charge < -0.3 is 9.84 Å². The molecule has 3 rings (SSSR count). The number of unbranched alkanes of at least 4 members (excludes halogenated alkanes) is 1. The molecule has 0 unspecified atom stereocenters. The molecule has 0 saturated carbocycles. The molecule has 0 bridgehead atoms. The van der Waals surface area contributed by atoms with Crippen molar-refractivity contribution in [1.82, 2.24) is 4.90 Å². The van der Waals surface area contributed by atoms with Gasteiger partial charge in [0.25, 0.3) is 0 Å². The van der Waals surface area contributed by atoms with Crippen LogP contribution in [-0.2, 0) is 0 Å². The van der Waals surface area contributed by atoms with Crippen LogP contribution in [0, 0.1) is 0 Å². The Balaban J connectivity index is 1.85. The molecule has 0 aromatic heterocycles. The van der Waals surface area contributed by atoms with E-state index in [2.05, 4.69) is 17.9 Å². The third kappa shape index (κ3) is 2.32. The van der Waals surface area contributed by atoms with Crippen molar-refractivity contribution in [3.05, 3.63) is 23.8 Å². The molecule has 1 saturated heterocycles. The minimum Gasteiger partial charge on any atom is -0.504 e. The number of hydrogen-bond donors (Lipinski definition) is 1. The van der Waals surface area contributed by atoms with E-state index in [9.17, 15) is 5.11 Å². The Bertz CT molecular complexity index is 446. The van der Waals surface area contributed by atoms with Crippen LogP contribution in [0.5, 0.6) is 11.5 Å². The van der Waals surface area contributed by atoms with Crippen molar-refractivity contribution in [1.29, 1.82) is 0 Å². The molecule has 1 aromatic carbocycles. The van der Waals surface area contributed by atoms with Crippen molar-refractivity contribution >= 4 is 0 Å². The lowest BCUT2D eigenvalue weighted by atomic mass is 9.81. The fraction of sp³-hybridized carbons (Fsp3) is 0.625. The monoisotopic (exact) mass is 261 g/mol. The summed E-state index contributed by atoms with van der Waals surface area (Å²) < 4.78 is 5.84. The summed E-state index contributed by atoms with van der Waals surface area (Å²) in [6.45, 7) is 5.33. The van der Waals surface area contributed by atoms with Gasteiger partial charge in [-0.15, -0.1) is 0 Å². The number of ether oxygens (including phenoxy) is 1. The average molecular weight is 261 g/mol. The summed E-state index contributed by atoms with van der Waals surface area (Å²) in [5.74, 6) is 1.55. The Hall–Kier alpha value is -1.22. The van der Waals surface area contributed by atoms with E-state index >= 15 is 0 Å². The fourth-order valence-electron chi connectivity index (χ4n) is 3.51. The molecule has 0 aliphatic carbocycles. The van der Waals surface area contributed by atoms with E-state index in [0.717, 1.165) is 12.4 Å². The molecule has 2 heterocycles. The van der Waals surface area contributed by atoms with E-state index in [0.29, 0.717) is 17.7 Å². The summed E-state index contributed by atoms with van der Waals surface area (Å²) in [5, 5.41) is 9.92. The van der Waals surface area contributed by atoms with Gasteiger partial charge in [0.2, 0.25) is 0 Å². The number of phenols is 1. The minimum absolute atomic E-state index is 0.293. The largest absolute Gasteiger partial charge is 0.504 e. The van der Waals surface area contributed by atoms with Gasteiger partial charge in [-0.2, -0.15) is 0 Å². The van der Waals surface area contributed by atoms with Crippen molar-refractivity contribution in [2.45, 2.75) is 44.6 Å². The molecule has 0 radical (unpaired) electrons. The van der Waals surface area contributed by atoms with E-state index in [1.807, 2.05) is 6.07 Å². The summed E-state index contributed by atoms with van der Waals surface area (Å²) in [4.78, 5) is 2.59. The van der Waals surface area contributed by atoms with Crippen LogP contribution < -0.4 is 4.74 Å². The molecule has 1 aromatic rings. The first kappa shape index (κ1) is 12.8. The number of benzene rings is 1. The number of fused-ring (bicyclic) bond motifs is 3. The number of likely N-dealkylation sites (tertiary alicyclic amines) is 1. The summed E-state index contributed by atoms with van der Waals surface area (Å²) in [7, 11) is 0. The molecule has 3 nitrogen and oxygen atoms in total. The SMILES string of the molecule is CCCCN1CCC[C@H]2c3cccc(O)c3OC[C@H]21. The quantitative estimate of drug-likeness (QED) is 0.907. The molecule has 0 amide bonds. The number of rotatable bonds is 3. The predicted octanol–water partition coefficient (Wildman–Crippen LogP) is 3.13. The van der Waals surface area contributed by atoms with Crippen LogP contribution in [0.2, 0.25) is 0 Å². The Morgan fingerprint density at radius 2 is 2.32 bits per heavy atom. The number of para-hydroxylation sites is 1. The van der Waals surface area contributed by atoms with E-state index in [1.54, 1.807) is 6.07 Å². The Morgan fingerprint density at radius 3 is 3.16 bits per heavy atom. The first-order valence-corrected chi connectivity index (χ1v) is 7.50. The van der Waals surface area contributed by atoms with Gasteiger partial charge in [0, 0.05) is 11.5 Å². The number of piperidine rings is 1. The lowest BCUT2D eigenvalue weighted by Crippen LogP contribution is -2.49. The maximum atomic E-state index is 9.92. The normalized spacial score (nSPS) is 26.4. The maximum absolute atomic E-state index is 9.92. The molecule has 1 N–H and O–H groups in total. The first-order valence-electron chi connectivity index (χ1n) is 7.50. The standard InChI is InChI=1S/C16H23NO2/c1-2-3-9-17-10-5-7-12-13-6-4-8-15(18)16(13)19-11-14(12)17/h4,6,8,12,14,18H,2-3,5,7,9-11H2,1H3/t12-,14+/m0/s1. The van der Waals surface area contributed by atoms with Crippen LogP contribution >= 0.6 is 0 Å². The fourth-order valence-corrected chi connectivity index (χ4v) is 3.51. The molecule has 2 atom stereocenters. The third-order valence-electron chi connectivity index (χ3n) is 4.52. The first-order chi connectivity index (χ1) is 9.31. The smallest absolute Gasteiger partial charge is 0.164 e. The van der Waals surface area contributed by atoms with Gasteiger partial charge in [-0.1, -0.05) is 25.5 Å². The second-order valence-corrected chi connectivity index (χ2v) is 5.71. The highest BCUT2D eigenvalue weighted by atomic mass is 16.5. The number of nitrogens with zero attached hydrogens (tertiary/aromatic N) is 1. The molecule has 1 fully saturated rings. The van der Waals surface area contributed by atoms with E-state index in [-0.39, 0.29) is 0 Å². The maximum Gasteiger partial charge on any atom is 0.164 e. The van der Waals surface area contributed by atoms with E-state index < -0.39 is 0 Å². The van der Waals surface area contributed by atoms with Gasteiger partial charge >= 0.3 is 0 Å². The van der Waals surface area contributed by atoms with Crippen molar-refractivity contribution in [3.8, 4) is 11.5 Å². The summed E-state index contributed by atoms with van der Waals surface area (Å²) in [5.41, 5.74) is 1.21. The molecule has 19 heavy (non-hydrogen) atoms. The van der Waals surface area contributed by atoms with Crippen molar-refractivity contribution < 1.29 is 9.84 Å². The molecule has 104 valence electrons. The molecular formula is C16H23NO2. The van der Waals surface area contributed by atoms with Gasteiger partial charge in [0.1, 0.15) is 6.61 Å². The number of hydrogen-bond acceptors (Lipinski definition) is 3. The second kappa shape index (κ2) is 5.41. The molecule has 3 heteroatoms.